The number of rotatable bonds is 8. The third-order valence-corrected chi connectivity index (χ3v) is 3.53. The third kappa shape index (κ3) is 6.64. The number of anilines is 1. The Bertz CT molecular complexity index is 492. The van der Waals surface area contributed by atoms with Crippen LogP contribution in [-0.2, 0) is 9.59 Å². The van der Waals surface area contributed by atoms with E-state index in [4.69, 9.17) is 5.11 Å². The van der Waals surface area contributed by atoms with E-state index in [9.17, 15) is 9.59 Å². The van der Waals surface area contributed by atoms with E-state index >= 15 is 0 Å². The summed E-state index contributed by atoms with van der Waals surface area (Å²) in [5.41, 5.74) is 0.759. The molecular weight excluding hydrogens is 288 g/mol. The molecule has 0 atom stereocenters. The second-order valence-corrected chi connectivity index (χ2v) is 6.05. The minimum absolute atomic E-state index is 0.0766. The van der Waals surface area contributed by atoms with Gasteiger partial charge in [-0.05, 0) is 24.3 Å². The van der Waals surface area contributed by atoms with Crippen LogP contribution in [0.2, 0.25) is 0 Å². The fourth-order valence-corrected chi connectivity index (χ4v) is 2.59. The van der Waals surface area contributed by atoms with Gasteiger partial charge < -0.3 is 10.4 Å². The first-order chi connectivity index (χ1) is 9.92. The lowest BCUT2D eigenvalue weighted by molar-refractivity contribution is -0.138. The van der Waals surface area contributed by atoms with Gasteiger partial charge in [0.15, 0.2) is 0 Å². The first-order valence-electron chi connectivity index (χ1n) is 6.79. The SMILES string of the molecule is CSc1ccccc1NC(=O)CN(CC(=O)O)CC(C)C. The number of benzene rings is 1. The number of aliphatic carboxylic acids is 1. The molecule has 0 saturated carbocycles. The largest absolute Gasteiger partial charge is 0.480 e. The van der Waals surface area contributed by atoms with Gasteiger partial charge in [0.2, 0.25) is 5.91 Å². The molecule has 2 N–H and O–H groups in total. The van der Waals surface area contributed by atoms with Gasteiger partial charge in [0, 0.05) is 11.4 Å². The molecule has 0 aliphatic rings. The van der Waals surface area contributed by atoms with Crippen LogP contribution >= 0.6 is 11.8 Å². The van der Waals surface area contributed by atoms with Crippen molar-refractivity contribution in [1.82, 2.24) is 4.90 Å². The summed E-state index contributed by atoms with van der Waals surface area (Å²) >= 11 is 1.56. The van der Waals surface area contributed by atoms with E-state index in [2.05, 4.69) is 5.32 Å². The molecular formula is C15H22N2O3S. The molecule has 1 rings (SSSR count). The number of hydrogen-bond donors (Lipinski definition) is 2. The summed E-state index contributed by atoms with van der Waals surface area (Å²) in [4.78, 5) is 25.6. The maximum absolute atomic E-state index is 12.1. The fraction of sp³-hybridized carbons (Fsp3) is 0.467. The molecule has 0 aliphatic heterocycles. The van der Waals surface area contributed by atoms with Crippen LogP contribution in [0.4, 0.5) is 5.69 Å². The maximum Gasteiger partial charge on any atom is 0.317 e. The average molecular weight is 310 g/mol. The Morgan fingerprint density at radius 1 is 1.29 bits per heavy atom. The van der Waals surface area contributed by atoms with Gasteiger partial charge >= 0.3 is 5.97 Å². The highest BCUT2D eigenvalue weighted by atomic mass is 32.2. The first-order valence-corrected chi connectivity index (χ1v) is 8.02. The van der Waals surface area contributed by atoms with Crippen LogP contribution in [0, 0.1) is 5.92 Å². The molecule has 0 unspecified atom stereocenters. The van der Waals surface area contributed by atoms with E-state index in [1.807, 2.05) is 44.4 Å². The molecule has 0 radical (unpaired) electrons. The highest BCUT2D eigenvalue weighted by Gasteiger charge is 2.16. The van der Waals surface area contributed by atoms with E-state index in [-0.39, 0.29) is 19.0 Å². The van der Waals surface area contributed by atoms with Crippen LogP contribution in [0.5, 0.6) is 0 Å². The van der Waals surface area contributed by atoms with Crippen LogP contribution in [0.15, 0.2) is 29.2 Å². The predicted molar refractivity (Wildman–Crippen MR) is 85.8 cm³/mol. The number of carboxylic acids is 1. The highest BCUT2D eigenvalue weighted by Crippen LogP contribution is 2.24. The van der Waals surface area contributed by atoms with Gasteiger partial charge in [0.05, 0.1) is 18.8 Å². The smallest absolute Gasteiger partial charge is 0.317 e. The molecule has 0 heterocycles. The molecule has 1 aromatic carbocycles. The van der Waals surface area contributed by atoms with Crippen molar-refractivity contribution < 1.29 is 14.7 Å². The molecule has 0 bridgehead atoms. The van der Waals surface area contributed by atoms with Crippen molar-refractivity contribution in [2.45, 2.75) is 18.7 Å². The van der Waals surface area contributed by atoms with Gasteiger partial charge in [-0.1, -0.05) is 26.0 Å². The summed E-state index contributed by atoms with van der Waals surface area (Å²) < 4.78 is 0. The number of para-hydroxylation sites is 1. The zero-order chi connectivity index (χ0) is 15.8. The van der Waals surface area contributed by atoms with E-state index in [1.165, 1.54) is 0 Å². The van der Waals surface area contributed by atoms with Crippen molar-refractivity contribution >= 4 is 29.3 Å². The topological polar surface area (TPSA) is 69.6 Å². The second-order valence-electron chi connectivity index (χ2n) is 5.21. The summed E-state index contributed by atoms with van der Waals surface area (Å²) in [5.74, 6) is -0.818. The number of carbonyl (C=O) groups is 2. The number of nitrogens with zero attached hydrogens (tertiary/aromatic N) is 1. The van der Waals surface area contributed by atoms with Crippen molar-refractivity contribution in [2.75, 3.05) is 31.2 Å². The van der Waals surface area contributed by atoms with Gasteiger partial charge in [0.25, 0.3) is 0 Å². The molecule has 6 heteroatoms. The Balaban J connectivity index is 2.66. The second kappa shape index (κ2) is 8.69. The van der Waals surface area contributed by atoms with E-state index < -0.39 is 5.97 Å². The van der Waals surface area contributed by atoms with Gasteiger partial charge in [-0.25, -0.2) is 0 Å². The highest BCUT2D eigenvalue weighted by molar-refractivity contribution is 7.98. The standard InChI is InChI=1S/C15H22N2O3S/c1-11(2)8-17(10-15(19)20)9-14(18)16-12-6-4-5-7-13(12)21-3/h4-7,11H,8-10H2,1-3H3,(H,16,18)(H,19,20). The van der Waals surface area contributed by atoms with Crippen LogP contribution in [0.1, 0.15) is 13.8 Å². The van der Waals surface area contributed by atoms with Crippen molar-refractivity contribution in [3.8, 4) is 0 Å². The molecule has 116 valence electrons. The number of amides is 1. The number of carbonyl (C=O) groups excluding carboxylic acids is 1. The molecule has 21 heavy (non-hydrogen) atoms. The normalized spacial score (nSPS) is 10.9. The fourth-order valence-electron chi connectivity index (χ4n) is 2.03. The zero-order valence-corrected chi connectivity index (χ0v) is 13.4. The lowest BCUT2D eigenvalue weighted by Crippen LogP contribution is -2.39. The van der Waals surface area contributed by atoms with Crippen molar-refractivity contribution in [2.24, 2.45) is 5.92 Å². The summed E-state index contributed by atoms with van der Waals surface area (Å²) in [6.07, 6.45) is 1.94. The van der Waals surface area contributed by atoms with Crippen LogP contribution in [0.25, 0.3) is 0 Å². The maximum atomic E-state index is 12.1. The van der Waals surface area contributed by atoms with E-state index in [0.29, 0.717) is 12.5 Å². The molecule has 5 nitrogen and oxygen atoms in total. The molecule has 0 fully saturated rings. The van der Waals surface area contributed by atoms with Crippen LogP contribution < -0.4 is 5.32 Å². The zero-order valence-electron chi connectivity index (χ0n) is 12.6. The summed E-state index contributed by atoms with van der Waals surface area (Å²) in [6.45, 7) is 4.51. The molecule has 1 amide bonds. The molecule has 0 saturated heterocycles. The van der Waals surface area contributed by atoms with Crippen molar-refractivity contribution in [3.63, 3.8) is 0 Å². The van der Waals surface area contributed by atoms with Crippen LogP contribution in [-0.4, -0.2) is 47.8 Å². The van der Waals surface area contributed by atoms with Gasteiger partial charge in [-0.3, -0.25) is 14.5 Å². The average Bonchev–Trinajstić information content (AvgIpc) is 2.37. The number of thioether (sulfide) groups is 1. The molecule has 0 aromatic heterocycles. The van der Waals surface area contributed by atoms with Crippen LogP contribution in [0.3, 0.4) is 0 Å². The summed E-state index contributed by atoms with van der Waals surface area (Å²) in [5, 5.41) is 11.7. The lowest BCUT2D eigenvalue weighted by atomic mass is 10.2. The van der Waals surface area contributed by atoms with Gasteiger partial charge in [-0.2, -0.15) is 0 Å². The van der Waals surface area contributed by atoms with E-state index in [0.717, 1.165) is 10.6 Å². The summed E-state index contributed by atoms with van der Waals surface area (Å²) in [6, 6.07) is 7.55. The van der Waals surface area contributed by atoms with Crippen molar-refractivity contribution in [3.05, 3.63) is 24.3 Å². The number of nitrogens with one attached hydrogen (secondary N) is 1. The first kappa shape index (κ1) is 17.5. The molecule has 1 aromatic rings. The minimum atomic E-state index is -0.923. The number of hydrogen-bond acceptors (Lipinski definition) is 4. The van der Waals surface area contributed by atoms with E-state index in [1.54, 1.807) is 16.7 Å². The lowest BCUT2D eigenvalue weighted by Gasteiger charge is -2.22. The Kier molecular flexibility index (Phi) is 7.25. The summed E-state index contributed by atoms with van der Waals surface area (Å²) in [7, 11) is 0. The Morgan fingerprint density at radius 2 is 1.95 bits per heavy atom. The van der Waals surface area contributed by atoms with Gasteiger partial charge in [-0.15, -0.1) is 11.8 Å². The molecule has 0 aliphatic carbocycles. The Labute approximate surface area is 129 Å². The van der Waals surface area contributed by atoms with Gasteiger partial charge in [0.1, 0.15) is 0 Å². The monoisotopic (exact) mass is 310 g/mol. The minimum Gasteiger partial charge on any atom is -0.480 e. The Morgan fingerprint density at radius 3 is 2.52 bits per heavy atom. The molecule has 0 spiro atoms. The predicted octanol–water partition coefficient (Wildman–Crippen LogP) is 2.39. The third-order valence-electron chi connectivity index (χ3n) is 2.73. The Hall–Kier alpha value is -1.53. The number of carboxylic acid groups (broad SMARTS) is 1. The van der Waals surface area contributed by atoms with Crippen molar-refractivity contribution in [1.29, 1.82) is 0 Å². The quantitative estimate of drug-likeness (QED) is 0.722.